The average molecular weight is 325 g/mol. The quantitative estimate of drug-likeness (QED) is 0.755. The van der Waals surface area contributed by atoms with Crippen molar-refractivity contribution in [3.63, 3.8) is 0 Å². The van der Waals surface area contributed by atoms with Crippen LogP contribution in [-0.4, -0.2) is 10.9 Å². The summed E-state index contributed by atoms with van der Waals surface area (Å²) < 4.78 is 27.8. The maximum atomic E-state index is 13.6. The molecule has 0 spiro atoms. The molecule has 0 unspecified atom stereocenters. The van der Waals surface area contributed by atoms with Crippen molar-refractivity contribution in [1.29, 1.82) is 0 Å². The minimum Gasteiger partial charge on any atom is -0.320 e. The zero-order valence-corrected chi connectivity index (χ0v) is 11.9. The predicted molar refractivity (Wildman–Crippen MR) is 78.9 cm³/mol. The highest BCUT2D eigenvalue weighted by Crippen LogP contribution is 2.32. The lowest BCUT2D eigenvalue weighted by Gasteiger charge is -2.08. The third kappa shape index (κ3) is 2.48. The number of rotatable bonds is 2. The van der Waals surface area contributed by atoms with Crippen LogP contribution in [0.5, 0.6) is 0 Å². The molecule has 1 N–H and O–H groups in total. The fourth-order valence-corrected chi connectivity index (χ4v) is 2.96. The van der Waals surface area contributed by atoms with Crippen LogP contribution in [0.4, 0.5) is 14.5 Å². The first kappa shape index (κ1) is 13.9. The molecule has 0 aliphatic rings. The molecule has 0 bridgehead atoms. The van der Waals surface area contributed by atoms with Crippen molar-refractivity contribution < 1.29 is 13.6 Å². The van der Waals surface area contributed by atoms with Gasteiger partial charge in [-0.3, -0.25) is 4.79 Å². The van der Waals surface area contributed by atoms with Crippen molar-refractivity contribution in [2.75, 3.05) is 5.32 Å². The summed E-state index contributed by atoms with van der Waals surface area (Å²) in [5.74, 6) is -2.69. The Labute approximate surface area is 127 Å². The molecule has 0 atom stereocenters. The molecule has 0 saturated heterocycles. The van der Waals surface area contributed by atoms with Crippen LogP contribution in [0.1, 0.15) is 10.4 Å². The molecular weight excluding hydrogens is 318 g/mol. The van der Waals surface area contributed by atoms with Gasteiger partial charge in [-0.1, -0.05) is 17.7 Å². The van der Waals surface area contributed by atoms with E-state index in [1.165, 1.54) is 17.4 Å². The van der Waals surface area contributed by atoms with E-state index in [0.717, 1.165) is 12.1 Å². The molecule has 0 aliphatic carbocycles. The number of amides is 1. The minimum atomic E-state index is -0.915. The third-order valence-electron chi connectivity index (χ3n) is 2.87. The summed E-state index contributed by atoms with van der Waals surface area (Å²) >= 11 is 7.26. The van der Waals surface area contributed by atoms with Gasteiger partial charge in [0.25, 0.3) is 5.91 Å². The highest BCUT2D eigenvalue weighted by molar-refractivity contribution is 7.17. The molecule has 0 aliphatic heterocycles. The first-order valence-corrected chi connectivity index (χ1v) is 7.11. The summed E-state index contributed by atoms with van der Waals surface area (Å²) in [4.78, 5) is 16.1. The Morgan fingerprint density at radius 1 is 1.19 bits per heavy atom. The van der Waals surface area contributed by atoms with Gasteiger partial charge in [0.1, 0.15) is 22.7 Å². The van der Waals surface area contributed by atoms with Gasteiger partial charge in [-0.2, -0.15) is 0 Å². The Hall–Kier alpha value is -2.05. The Morgan fingerprint density at radius 3 is 2.62 bits per heavy atom. The van der Waals surface area contributed by atoms with Crippen LogP contribution >= 0.6 is 22.9 Å². The molecule has 1 aromatic heterocycles. The maximum Gasteiger partial charge on any atom is 0.261 e. The molecule has 1 amide bonds. The zero-order valence-electron chi connectivity index (χ0n) is 10.4. The maximum absolute atomic E-state index is 13.6. The lowest BCUT2D eigenvalue weighted by atomic mass is 10.1. The number of nitrogens with zero attached hydrogens (tertiary/aromatic N) is 1. The van der Waals surface area contributed by atoms with Crippen molar-refractivity contribution in [2.45, 2.75) is 0 Å². The van der Waals surface area contributed by atoms with E-state index in [-0.39, 0.29) is 0 Å². The number of carbonyl (C=O) groups excluding carboxylic acids is 1. The third-order valence-corrected chi connectivity index (χ3v) is 4.04. The summed E-state index contributed by atoms with van der Waals surface area (Å²) in [7, 11) is 0. The van der Waals surface area contributed by atoms with Gasteiger partial charge in [0, 0.05) is 0 Å². The summed E-state index contributed by atoms with van der Waals surface area (Å²) in [5, 5.41) is 2.93. The van der Waals surface area contributed by atoms with Crippen LogP contribution in [0.3, 0.4) is 0 Å². The largest absolute Gasteiger partial charge is 0.320 e. The van der Waals surface area contributed by atoms with E-state index < -0.39 is 23.1 Å². The number of nitrogens with one attached hydrogen (secondary N) is 1. The van der Waals surface area contributed by atoms with Gasteiger partial charge in [-0.25, -0.2) is 13.8 Å². The summed E-state index contributed by atoms with van der Waals surface area (Å²) in [6, 6.07) is 6.39. The van der Waals surface area contributed by atoms with Gasteiger partial charge in [-0.05, 0) is 24.3 Å². The zero-order chi connectivity index (χ0) is 15.0. The number of carbonyl (C=O) groups is 1. The van der Waals surface area contributed by atoms with E-state index in [1.807, 2.05) is 0 Å². The van der Waals surface area contributed by atoms with Gasteiger partial charge in [-0.15, -0.1) is 11.3 Å². The molecule has 1 heterocycles. The van der Waals surface area contributed by atoms with Crippen molar-refractivity contribution in [2.24, 2.45) is 0 Å². The number of fused-ring (bicyclic) bond motifs is 1. The lowest BCUT2D eigenvalue weighted by molar-refractivity contribution is 0.101. The van der Waals surface area contributed by atoms with Crippen molar-refractivity contribution in [3.8, 4) is 0 Å². The van der Waals surface area contributed by atoms with Crippen LogP contribution < -0.4 is 5.32 Å². The van der Waals surface area contributed by atoms with Crippen molar-refractivity contribution in [3.05, 3.63) is 58.1 Å². The second-order valence-corrected chi connectivity index (χ2v) is 5.44. The Morgan fingerprint density at radius 2 is 1.90 bits per heavy atom. The number of aromatic nitrogens is 1. The van der Waals surface area contributed by atoms with E-state index in [9.17, 15) is 13.6 Å². The molecule has 21 heavy (non-hydrogen) atoms. The molecule has 3 aromatic rings. The molecule has 2 aromatic carbocycles. The predicted octanol–water partition coefficient (Wildman–Crippen LogP) is 4.48. The second-order valence-electron chi connectivity index (χ2n) is 4.18. The first-order chi connectivity index (χ1) is 10.1. The lowest BCUT2D eigenvalue weighted by Crippen LogP contribution is -2.15. The molecule has 3 nitrogen and oxygen atoms in total. The van der Waals surface area contributed by atoms with E-state index in [2.05, 4.69) is 10.3 Å². The molecule has 0 fully saturated rings. The minimum absolute atomic E-state index is 0.407. The summed E-state index contributed by atoms with van der Waals surface area (Å²) in [5.41, 5.74) is 1.90. The van der Waals surface area contributed by atoms with E-state index in [4.69, 9.17) is 11.6 Å². The normalized spacial score (nSPS) is 10.8. The smallest absolute Gasteiger partial charge is 0.261 e. The van der Waals surface area contributed by atoms with Crippen LogP contribution in [0.15, 0.2) is 35.8 Å². The highest BCUT2D eigenvalue weighted by Gasteiger charge is 2.18. The average Bonchev–Trinajstić information content (AvgIpc) is 2.92. The fraction of sp³-hybridized carbons (Fsp3) is 0. The summed E-state index contributed by atoms with van der Waals surface area (Å²) in [6.07, 6.45) is 0. The number of anilines is 1. The van der Waals surface area contributed by atoms with Crippen LogP contribution in [0, 0.1) is 11.6 Å². The van der Waals surface area contributed by atoms with E-state index >= 15 is 0 Å². The number of benzene rings is 2. The Kier molecular flexibility index (Phi) is 3.57. The first-order valence-electron chi connectivity index (χ1n) is 5.85. The molecule has 7 heteroatoms. The molecule has 0 saturated carbocycles. The molecular formula is C14H7ClF2N2OS. The SMILES string of the molecule is O=C(Nc1ccc(Cl)c2ncsc12)c1c(F)cccc1F. The van der Waals surface area contributed by atoms with Gasteiger partial charge in [0.15, 0.2) is 0 Å². The summed E-state index contributed by atoms with van der Waals surface area (Å²) in [6.45, 7) is 0. The fourth-order valence-electron chi connectivity index (χ4n) is 1.92. The standard InChI is InChI=1S/C14H7ClF2N2OS/c15-7-4-5-10(13-12(7)18-6-21-13)19-14(20)11-8(16)2-1-3-9(11)17/h1-6H,(H,19,20). The molecule has 106 valence electrons. The number of hydrogen-bond donors (Lipinski definition) is 1. The van der Waals surface area contributed by atoms with Crippen LogP contribution in [-0.2, 0) is 0 Å². The second kappa shape index (κ2) is 5.38. The van der Waals surface area contributed by atoms with Gasteiger partial charge in [0.2, 0.25) is 0 Å². The van der Waals surface area contributed by atoms with Crippen LogP contribution in [0.25, 0.3) is 10.2 Å². The number of thiazole rings is 1. The Bertz CT molecular complexity index is 830. The van der Waals surface area contributed by atoms with Gasteiger partial charge in [0.05, 0.1) is 20.9 Å². The van der Waals surface area contributed by atoms with E-state index in [1.54, 1.807) is 17.6 Å². The van der Waals surface area contributed by atoms with E-state index in [0.29, 0.717) is 20.9 Å². The molecule has 0 radical (unpaired) electrons. The Balaban J connectivity index is 2.01. The highest BCUT2D eigenvalue weighted by atomic mass is 35.5. The van der Waals surface area contributed by atoms with Gasteiger partial charge >= 0.3 is 0 Å². The monoisotopic (exact) mass is 324 g/mol. The number of halogens is 3. The van der Waals surface area contributed by atoms with Crippen molar-refractivity contribution >= 4 is 44.7 Å². The molecule has 3 rings (SSSR count). The number of hydrogen-bond acceptors (Lipinski definition) is 3. The topological polar surface area (TPSA) is 42.0 Å². The van der Waals surface area contributed by atoms with Crippen molar-refractivity contribution in [1.82, 2.24) is 4.98 Å². The van der Waals surface area contributed by atoms with Gasteiger partial charge < -0.3 is 5.32 Å². The van der Waals surface area contributed by atoms with Crippen LogP contribution in [0.2, 0.25) is 5.02 Å².